The highest BCUT2D eigenvalue weighted by Gasteiger charge is 2.26. The quantitative estimate of drug-likeness (QED) is 0.539. The number of amides is 1. The molecule has 7 nitrogen and oxygen atoms in total. The van der Waals surface area contributed by atoms with Crippen molar-refractivity contribution in [3.63, 3.8) is 0 Å². The van der Waals surface area contributed by atoms with E-state index in [1.165, 1.54) is 16.4 Å². The van der Waals surface area contributed by atoms with Crippen molar-refractivity contribution in [3.8, 4) is 0 Å². The Morgan fingerprint density at radius 1 is 1.09 bits per heavy atom. The molecule has 1 saturated heterocycles. The Labute approximate surface area is 197 Å². The van der Waals surface area contributed by atoms with Crippen LogP contribution in [0.15, 0.2) is 47.4 Å². The number of hydrogen-bond acceptors (Lipinski definition) is 6. The van der Waals surface area contributed by atoms with Gasteiger partial charge in [0.25, 0.3) is 5.91 Å². The molecule has 1 amide bonds. The number of sulfonamides is 1. The van der Waals surface area contributed by atoms with Crippen LogP contribution in [0.2, 0.25) is 5.02 Å². The van der Waals surface area contributed by atoms with Gasteiger partial charge in [-0.15, -0.1) is 0 Å². The predicted octanol–water partition coefficient (Wildman–Crippen LogP) is 3.94. The maximum absolute atomic E-state index is 12.9. The first kappa shape index (κ1) is 23.0. The van der Waals surface area contributed by atoms with Crippen LogP contribution < -0.4 is 4.90 Å². The number of carbonyl (C=O) groups is 1. The highest BCUT2D eigenvalue weighted by molar-refractivity contribution is 7.89. The molecule has 0 aliphatic carbocycles. The van der Waals surface area contributed by atoms with Crippen molar-refractivity contribution in [1.82, 2.24) is 14.2 Å². The predicted molar refractivity (Wildman–Crippen MR) is 129 cm³/mol. The van der Waals surface area contributed by atoms with Gasteiger partial charge in [-0.3, -0.25) is 4.79 Å². The van der Waals surface area contributed by atoms with E-state index in [-0.39, 0.29) is 16.8 Å². The van der Waals surface area contributed by atoms with Crippen molar-refractivity contribution in [2.45, 2.75) is 24.8 Å². The summed E-state index contributed by atoms with van der Waals surface area (Å²) in [5.41, 5.74) is 1.41. The largest absolute Gasteiger partial charge is 0.345 e. The third-order valence-corrected chi connectivity index (χ3v) is 9.04. The van der Waals surface area contributed by atoms with E-state index in [0.29, 0.717) is 36.8 Å². The lowest BCUT2D eigenvalue weighted by Crippen LogP contribution is -2.48. The average Bonchev–Trinajstić information content (AvgIpc) is 3.21. The average molecular weight is 493 g/mol. The first-order chi connectivity index (χ1) is 15.2. The van der Waals surface area contributed by atoms with Crippen LogP contribution in [0.3, 0.4) is 0 Å². The number of anilines is 1. The Morgan fingerprint density at radius 3 is 2.38 bits per heavy atom. The van der Waals surface area contributed by atoms with Gasteiger partial charge in [0.2, 0.25) is 10.0 Å². The van der Waals surface area contributed by atoms with Crippen molar-refractivity contribution in [2.24, 2.45) is 0 Å². The van der Waals surface area contributed by atoms with Crippen LogP contribution in [0.5, 0.6) is 0 Å². The van der Waals surface area contributed by atoms with Gasteiger partial charge in [0.05, 0.1) is 15.1 Å². The summed E-state index contributed by atoms with van der Waals surface area (Å²) in [4.78, 5) is 21.8. The number of thiazole rings is 1. The molecular formula is C22H25ClN4O3S2. The Hall–Kier alpha value is -2.20. The summed E-state index contributed by atoms with van der Waals surface area (Å²) in [6.45, 7) is 6.16. The van der Waals surface area contributed by atoms with E-state index < -0.39 is 10.0 Å². The lowest BCUT2D eigenvalue weighted by molar-refractivity contribution is 0.0746. The smallest absolute Gasteiger partial charge is 0.253 e. The SMILES string of the molecule is CC(C)N(C)S(=O)(=O)c1ccc(C(=O)N2CCN(c3nc4ccc(Cl)cc4s3)CC2)cc1. The van der Waals surface area contributed by atoms with Gasteiger partial charge in [-0.25, -0.2) is 13.4 Å². The first-order valence-electron chi connectivity index (χ1n) is 10.4. The van der Waals surface area contributed by atoms with Gasteiger partial charge < -0.3 is 9.80 Å². The summed E-state index contributed by atoms with van der Waals surface area (Å²) in [7, 11) is -2.02. The van der Waals surface area contributed by atoms with E-state index >= 15 is 0 Å². The minimum Gasteiger partial charge on any atom is -0.345 e. The summed E-state index contributed by atoms with van der Waals surface area (Å²) in [6, 6.07) is 11.7. The third kappa shape index (κ3) is 4.47. The number of fused-ring (bicyclic) bond motifs is 1. The second kappa shape index (κ2) is 8.97. The maximum Gasteiger partial charge on any atom is 0.253 e. The molecule has 1 fully saturated rings. The zero-order chi connectivity index (χ0) is 23.0. The van der Waals surface area contributed by atoms with Crippen LogP contribution in [0.25, 0.3) is 10.2 Å². The number of benzene rings is 2. The molecule has 2 aromatic carbocycles. The number of rotatable bonds is 5. The molecule has 4 rings (SSSR count). The Balaban J connectivity index is 1.42. The minimum atomic E-state index is -3.57. The van der Waals surface area contributed by atoms with E-state index in [9.17, 15) is 13.2 Å². The fraction of sp³-hybridized carbons (Fsp3) is 0.364. The molecule has 0 atom stereocenters. The number of nitrogens with zero attached hydrogens (tertiary/aromatic N) is 4. The normalized spacial score (nSPS) is 15.2. The lowest BCUT2D eigenvalue weighted by atomic mass is 10.2. The molecular weight excluding hydrogens is 468 g/mol. The number of halogens is 1. The highest BCUT2D eigenvalue weighted by atomic mass is 35.5. The van der Waals surface area contributed by atoms with E-state index in [2.05, 4.69) is 9.88 Å². The monoisotopic (exact) mass is 492 g/mol. The molecule has 10 heteroatoms. The van der Waals surface area contributed by atoms with Gasteiger partial charge in [-0.05, 0) is 56.3 Å². The highest BCUT2D eigenvalue weighted by Crippen LogP contribution is 2.31. The minimum absolute atomic E-state index is 0.0955. The molecule has 170 valence electrons. The molecule has 0 spiro atoms. The molecule has 1 aliphatic heterocycles. The fourth-order valence-electron chi connectivity index (χ4n) is 3.52. The molecule has 0 bridgehead atoms. The number of hydrogen-bond donors (Lipinski definition) is 0. The zero-order valence-corrected chi connectivity index (χ0v) is 20.5. The molecule has 1 aromatic heterocycles. The van der Waals surface area contributed by atoms with Crippen LogP contribution in [0.4, 0.5) is 5.13 Å². The molecule has 0 radical (unpaired) electrons. The lowest BCUT2D eigenvalue weighted by Gasteiger charge is -2.34. The molecule has 3 aromatic rings. The second-order valence-electron chi connectivity index (χ2n) is 8.03. The molecule has 0 unspecified atom stereocenters. The molecule has 1 aliphatic rings. The first-order valence-corrected chi connectivity index (χ1v) is 13.0. The van der Waals surface area contributed by atoms with Gasteiger partial charge in [0.1, 0.15) is 0 Å². The van der Waals surface area contributed by atoms with Crippen LogP contribution in [0.1, 0.15) is 24.2 Å². The van der Waals surface area contributed by atoms with Gasteiger partial charge in [0.15, 0.2) is 5.13 Å². The fourth-order valence-corrected chi connectivity index (χ4v) is 6.18. The van der Waals surface area contributed by atoms with Crippen molar-refractivity contribution in [2.75, 3.05) is 38.1 Å². The Bertz CT molecular complexity index is 1230. The van der Waals surface area contributed by atoms with Gasteiger partial charge in [0, 0.05) is 49.9 Å². The maximum atomic E-state index is 12.9. The van der Waals surface area contributed by atoms with Gasteiger partial charge in [-0.2, -0.15) is 4.31 Å². The van der Waals surface area contributed by atoms with Crippen LogP contribution in [-0.2, 0) is 10.0 Å². The van der Waals surface area contributed by atoms with E-state index in [4.69, 9.17) is 11.6 Å². The number of piperazine rings is 1. The topological polar surface area (TPSA) is 73.8 Å². The van der Waals surface area contributed by atoms with E-state index in [0.717, 1.165) is 15.3 Å². The molecule has 32 heavy (non-hydrogen) atoms. The van der Waals surface area contributed by atoms with Crippen molar-refractivity contribution in [3.05, 3.63) is 53.1 Å². The van der Waals surface area contributed by atoms with E-state index in [1.807, 2.05) is 32.0 Å². The summed E-state index contributed by atoms with van der Waals surface area (Å²) in [5, 5.41) is 1.62. The van der Waals surface area contributed by atoms with Crippen molar-refractivity contribution >= 4 is 54.2 Å². The Morgan fingerprint density at radius 2 is 1.75 bits per heavy atom. The van der Waals surface area contributed by atoms with Crippen molar-refractivity contribution in [1.29, 1.82) is 0 Å². The Kier molecular flexibility index (Phi) is 6.44. The summed E-state index contributed by atoms with van der Waals surface area (Å²) in [6.07, 6.45) is 0. The van der Waals surface area contributed by atoms with Gasteiger partial charge in [-0.1, -0.05) is 22.9 Å². The van der Waals surface area contributed by atoms with Crippen LogP contribution >= 0.6 is 22.9 Å². The number of aromatic nitrogens is 1. The summed E-state index contributed by atoms with van der Waals surface area (Å²) in [5.74, 6) is -0.0955. The standard InChI is InChI=1S/C22H25ClN4O3S2/c1-15(2)25(3)32(29,30)18-7-4-16(5-8-18)21(28)26-10-12-27(13-11-26)22-24-19-9-6-17(23)14-20(19)31-22/h4-9,14-15H,10-13H2,1-3H3. The third-order valence-electron chi connectivity index (χ3n) is 5.68. The van der Waals surface area contributed by atoms with Crippen molar-refractivity contribution < 1.29 is 13.2 Å². The van der Waals surface area contributed by atoms with Crippen LogP contribution in [-0.4, -0.2) is 67.8 Å². The molecule has 0 N–H and O–H groups in total. The molecule has 2 heterocycles. The van der Waals surface area contributed by atoms with Crippen LogP contribution in [0, 0.1) is 0 Å². The summed E-state index contributed by atoms with van der Waals surface area (Å²) < 4.78 is 27.6. The van der Waals surface area contributed by atoms with E-state index in [1.54, 1.807) is 35.4 Å². The zero-order valence-electron chi connectivity index (χ0n) is 18.2. The summed E-state index contributed by atoms with van der Waals surface area (Å²) >= 11 is 7.67. The van der Waals surface area contributed by atoms with Gasteiger partial charge >= 0.3 is 0 Å². The number of carbonyl (C=O) groups excluding carboxylic acids is 1. The second-order valence-corrected chi connectivity index (χ2v) is 11.5. The molecule has 0 saturated carbocycles.